The van der Waals surface area contributed by atoms with Gasteiger partial charge in [0, 0.05) is 26.6 Å². The molecule has 0 radical (unpaired) electrons. The van der Waals surface area contributed by atoms with Gasteiger partial charge in [-0.1, -0.05) is 0 Å². The van der Waals surface area contributed by atoms with Crippen molar-refractivity contribution in [1.82, 2.24) is 20.6 Å². The van der Waals surface area contributed by atoms with Gasteiger partial charge in [-0.15, -0.1) is 0 Å². The van der Waals surface area contributed by atoms with Gasteiger partial charge in [0.15, 0.2) is 0 Å². The number of esters is 2. The number of nitrogens with zero attached hydrogens (tertiary/aromatic N) is 2. The van der Waals surface area contributed by atoms with E-state index in [1.165, 1.54) is 31.3 Å². The molecule has 2 N–H and O–H groups in total. The van der Waals surface area contributed by atoms with Gasteiger partial charge >= 0.3 is 18.0 Å². The first-order valence-electron chi connectivity index (χ1n) is 8.56. The summed E-state index contributed by atoms with van der Waals surface area (Å²) >= 11 is 0. The molecule has 0 aromatic rings. The van der Waals surface area contributed by atoms with Crippen molar-refractivity contribution in [3.05, 3.63) is 12.3 Å². The van der Waals surface area contributed by atoms with E-state index < -0.39 is 35.9 Å². The molecule has 3 amide bonds. The molecule has 27 heavy (non-hydrogen) atoms. The summed E-state index contributed by atoms with van der Waals surface area (Å²) in [6.45, 7) is 4.82. The fourth-order valence-electron chi connectivity index (χ4n) is 2.88. The van der Waals surface area contributed by atoms with E-state index in [1.54, 1.807) is 13.8 Å². The van der Waals surface area contributed by atoms with Gasteiger partial charge in [-0.3, -0.25) is 19.3 Å². The van der Waals surface area contributed by atoms with Crippen molar-refractivity contribution in [1.29, 1.82) is 0 Å². The van der Waals surface area contributed by atoms with Crippen molar-refractivity contribution in [2.45, 2.75) is 45.1 Å². The van der Waals surface area contributed by atoms with E-state index in [9.17, 15) is 19.2 Å². The first-order chi connectivity index (χ1) is 12.7. The first-order valence-corrected chi connectivity index (χ1v) is 8.56. The van der Waals surface area contributed by atoms with E-state index in [1.807, 2.05) is 0 Å². The molecular weight excluding hydrogens is 360 g/mol. The Hall–Kier alpha value is -2.66. The van der Waals surface area contributed by atoms with Crippen molar-refractivity contribution >= 4 is 23.9 Å². The van der Waals surface area contributed by atoms with E-state index in [-0.39, 0.29) is 25.5 Å². The van der Waals surface area contributed by atoms with Crippen molar-refractivity contribution in [3.63, 3.8) is 0 Å². The van der Waals surface area contributed by atoms with Crippen LogP contribution in [0, 0.1) is 0 Å². The Bertz CT molecular complexity index is 653. The lowest BCUT2D eigenvalue weighted by atomic mass is 10.0. The van der Waals surface area contributed by atoms with Gasteiger partial charge in [0.2, 0.25) is 5.91 Å². The molecule has 3 atom stereocenters. The highest BCUT2D eigenvalue weighted by Gasteiger charge is 2.59. The summed E-state index contributed by atoms with van der Waals surface area (Å²) in [5, 5.41) is 6.22. The van der Waals surface area contributed by atoms with Crippen LogP contribution in [0.5, 0.6) is 0 Å². The third-order valence-corrected chi connectivity index (χ3v) is 4.03. The van der Waals surface area contributed by atoms with Crippen molar-refractivity contribution in [3.8, 4) is 0 Å². The molecule has 0 saturated carbocycles. The van der Waals surface area contributed by atoms with Crippen LogP contribution in [0.15, 0.2) is 12.3 Å². The Balaban J connectivity index is 2.33. The number of nitrogens with one attached hydrogen (secondary N) is 2. The Morgan fingerprint density at radius 3 is 2.56 bits per heavy atom. The summed E-state index contributed by atoms with van der Waals surface area (Å²) in [4.78, 5) is 55.3. The summed E-state index contributed by atoms with van der Waals surface area (Å²) in [5.41, 5.74) is -1.87. The van der Waals surface area contributed by atoms with E-state index >= 15 is 0 Å². The average molecular weight is 384 g/mol. The highest BCUT2D eigenvalue weighted by atomic mass is 16.7. The highest BCUT2D eigenvalue weighted by Crippen LogP contribution is 2.36. The maximum atomic E-state index is 12.7. The number of hydrogen-bond acceptors (Lipinski definition) is 8. The van der Waals surface area contributed by atoms with Gasteiger partial charge in [-0.2, -0.15) is 5.06 Å². The number of hydrogen-bond donors (Lipinski definition) is 2. The molecule has 11 nitrogen and oxygen atoms in total. The summed E-state index contributed by atoms with van der Waals surface area (Å²) in [6.07, 6.45) is 1.89. The number of carbonyl (C=O) groups excluding carboxylic acids is 4. The summed E-state index contributed by atoms with van der Waals surface area (Å²) < 4.78 is 10.1. The minimum atomic E-state index is -1.87. The second kappa shape index (κ2) is 8.35. The van der Waals surface area contributed by atoms with Crippen LogP contribution in [0.2, 0.25) is 0 Å². The number of hydroxylamine groups is 2. The van der Waals surface area contributed by atoms with Crippen LogP contribution in [0.1, 0.15) is 27.2 Å². The molecule has 1 unspecified atom stereocenters. The predicted molar refractivity (Wildman–Crippen MR) is 90.4 cm³/mol. The number of ether oxygens (including phenoxy) is 2. The van der Waals surface area contributed by atoms with Crippen LogP contribution < -0.4 is 10.6 Å². The number of likely N-dealkylation sites (N-methyl/N-ethyl adjacent to an activating group) is 1. The lowest BCUT2D eigenvalue weighted by Gasteiger charge is -2.38. The van der Waals surface area contributed by atoms with E-state index in [0.717, 1.165) is 4.90 Å². The minimum absolute atomic E-state index is 0.0609. The van der Waals surface area contributed by atoms with Crippen molar-refractivity contribution in [2.24, 2.45) is 0 Å². The molecular formula is C16H24N4O7. The second-order valence-electron chi connectivity index (χ2n) is 5.95. The molecule has 2 rings (SSSR count). The van der Waals surface area contributed by atoms with Gasteiger partial charge in [-0.05, 0) is 19.9 Å². The van der Waals surface area contributed by atoms with Crippen LogP contribution in [-0.2, 0) is 28.7 Å². The fraction of sp³-hybridized carbons (Fsp3) is 0.625. The second-order valence-corrected chi connectivity index (χ2v) is 5.95. The zero-order chi connectivity index (χ0) is 20.2. The lowest BCUT2D eigenvalue weighted by Crippen LogP contribution is -2.62. The SMILES string of the molecule is CCOC(=O)[C@H]1C[C@@](C(=O)OCC)(N2C=CC(NC(C)=O)NC2=O)ON1C. The standard InChI is InChI=1S/C16H24N4O7/c1-5-25-13(22)11-9-16(27-19(11)4,14(23)26-6-2)20-8-7-12(17-10(3)21)18-15(20)24/h7-8,11-12H,5-6,9H2,1-4H3,(H,17,21)(H,18,24)/t11-,12?,16-/m1/s1. The average Bonchev–Trinajstić information content (AvgIpc) is 2.93. The Morgan fingerprint density at radius 1 is 1.33 bits per heavy atom. The fourth-order valence-corrected chi connectivity index (χ4v) is 2.88. The van der Waals surface area contributed by atoms with E-state index in [4.69, 9.17) is 14.3 Å². The van der Waals surface area contributed by atoms with Crippen molar-refractivity contribution < 1.29 is 33.5 Å². The molecule has 1 fully saturated rings. The lowest BCUT2D eigenvalue weighted by molar-refractivity contribution is -0.238. The molecule has 2 aliphatic rings. The van der Waals surface area contributed by atoms with Crippen molar-refractivity contribution in [2.75, 3.05) is 20.3 Å². The topological polar surface area (TPSA) is 127 Å². The molecule has 0 spiro atoms. The first kappa shape index (κ1) is 20.6. The third kappa shape index (κ3) is 4.19. The van der Waals surface area contributed by atoms with E-state index in [0.29, 0.717) is 0 Å². The number of urea groups is 1. The smallest absolute Gasteiger partial charge is 0.362 e. The predicted octanol–water partition coefficient (Wildman–Crippen LogP) is -0.554. The van der Waals surface area contributed by atoms with Crippen LogP contribution in [0.25, 0.3) is 0 Å². The molecule has 1 saturated heterocycles. The van der Waals surface area contributed by atoms with Crippen LogP contribution >= 0.6 is 0 Å². The number of amides is 3. The summed E-state index contributed by atoms with van der Waals surface area (Å²) in [5.74, 6) is -1.73. The van der Waals surface area contributed by atoms with Gasteiger partial charge in [0.1, 0.15) is 12.2 Å². The molecule has 0 aromatic carbocycles. The minimum Gasteiger partial charge on any atom is -0.465 e. The molecule has 150 valence electrons. The Labute approximate surface area is 156 Å². The number of rotatable bonds is 6. The molecule has 0 aromatic heterocycles. The zero-order valence-electron chi connectivity index (χ0n) is 15.7. The Morgan fingerprint density at radius 2 is 2.00 bits per heavy atom. The molecule has 11 heteroatoms. The molecule has 0 bridgehead atoms. The van der Waals surface area contributed by atoms with Gasteiger partial charge in [-0.25, -0.2) is 9.59 Å². The van der Waals surface area contributed by atoms with Crippen LogP contribution in [-0.4, -0.2) is 72.0 Å². The number of carbonyl (C=O) groups is 4. The molecule has 0 aliphatic carbocycles. The normalized spacial score (nSPS) is 27.9. The van der Waals surface area contributed by atoms with Gasteiger partial charge in [0.05, 0.1) is 13.2 Å². The highest BCUT2D eigenvalue weighted by molar-refractivity contribution is 5.89. The van der Waals surface area contributed by atoms with Crippen LogP contribution in [0.4, 0.5) is 4.79 Å². The maximum absolute atomic E-state index is 12.7. The quantitative estimate of drug-likeness (QED) is 0.584. The summed E-state index contributed by atoms with van der Waals surface area (Å²) in [7, 11) is 1.47. The van der Waals surface area contributed by atoms with Gasteiger partial charge in [0.25, 0.3) is 5.72 Å². The van der Waals surface area contributed by atoms with E-state index in [2.05, 4.69) is 10.6 Å². The van der Waals surface area contributed by atoms with Gasteiger partial charge < -0.3 is 20.1 Å². The Kier molecular flexibility index (Phi) is 6.39. The third-order valence-electron chi connectivity index (χ3n) is 4.03. The maximum Gasteiger partial charge on any atom is 0.362 e. The molecule has 2 heterocycles. The molecule has 2 aliphatic heterocycles. The largest absolute Gasteiger partial charge is 0.465 e. The summed E-state index contributed by atoms with van der Waals surface area (Å²) in [6, 6.07) is -1.59. The monoisotopic (exact) mass is 384 g/mol. The zero-order valence-corrected chi connectivity index (χ0v) is 15.7. The van der Waals surface area contributed by atoms with Crippen LogP contribution in [0.3, 0.4) is 0 Å².